The topological polar surface area (TPSA) is 9.23 Å². The smallest absolute Gasteiger partial charge is 0.0473 e. The van der Waals surface area contributed by atoms with Crippen molar-refractivity contribution >= 4 is 15.9 Å². The molecule has 1 unspecified atom stereocenters. The zero-order valence-corrected chi connectivity index (χ0v) is 10.4. The van der Waals surface area contributed by atoms with Crippen LogP contribution in [-0.2, 0) is 11.2 Å². The summed E-state index contributed by atoms with van der Waals surface area (Å²) in [5, 5.41) is 0. The molecule has 1 aromatic carbocycles. The molecule has 0 heterocycles. The maximum atomic E-state index is 5.04. The van der Waals surface area contributed by atoms with E-state index in [0.29, 0.717) is 4.83 Å². The van der Waals surface area contributed by atoms with E-state index in [2.05, 4.69) is 47.1 Å². The molecule has 0 aliphatic carbocycles. The molecule has 1 aromatic rings. The molecule has 1 atom stereocenters. The molecule has 0 N–H and O–H groups in total. The molecule has 14 heavy (non-hydrogen) atoms. The second-order valence-electron chi connectivity index (χ2n) is 3.57. The highest BCUT2D eigenvalue weighted by atomic mass is 79.9. The van der Waals surface area contributed by atoms with E-state index >= 15 is 0 Å². The number of rotatable bonds is 5. The average Bonchev–Trinajstić information content (AvgIpc) is 2.15. The van der Waals surface area contributed by atoms with Gasteiger partial charge in [-0.05, 0) is 25.3 Å². The predicted octanol–water partition coefficient (Wildman–Crippen LogP) is 3.34. The van der Waals surface area contributed by atoms with Gasteiger partial charge in [0.25, 0.3) is 0 Å². The standard InChI is InChI=1S/C12H17BrO/c1-10-4-3-5-11(8-10)9-12(13)6-7-14-2/h3-5,8,12H,6-7,9H2,1-2H3. The fraction of sp³-hybridized carbons (Fsp3) is 0.500. The van der Waals surface area contributed by atoms with Crippen LogP contribution in [0.2, 0.25) is 0 Å². The summed E-state index contributed by atoms with van der Waals surface area (Å²) in [6.45, 7) is 2.95. The number of aryl methyl sites for hydroxylation is 1. The molecular weight excluding hydrogens is 240 g/mol. The summed E-state index contributed by atoms with van der Waals surface area (Å²) in [6.07, 6.45) is 2.13. The van der Waals surface area contributed by atoms with Crippen LogP contribution in [0.25, 0.3) is 0 Å². The van der Waals surface area contributed by atoms with Crippen molar-refractivity contribution in [2.45, 2.75) is 24.6 Å². The second kappa shape index (κ2) is 6.20. The van der Waals surface area contributed by atoms with E-state index in [-0.39, 0.29) is 0 Å². The van der Waals surface area contributed by atoms with Crippen molar-refractivity contribution in [3.8, 4) is 0 Å². The van der Waals surface area contributed by atoms with Crippen molar-refractivity contribution in [1.29, 1.82) is 0 Å². The van der Waals surface area contributed by atoms with Gasteiger partial charge in [-0.2, -0.15) is 0 Å². The first-order valence-electron chi connectivity index (χ1n) is 4.91. The third kappa shape index (κ3) is 4.25. The summed E-state index contributed by atoms with van der Waals surface area (Å²) in [4.78, 5) is 0.518. The second-order valence-corrected chi connectivity index (χ2v) is 4.87. The lowest BCUT2D eigenvalue weighted by Gasteiger charge is -2.09. The Hall–Kier alpha value is -0.340. The van der Waals surface area contributed by atoms with Gasteiger partial charge in [-0.25, -0.2) is 0 Å². The van der Waals surface area contributed by atoms with Gasteiger partial charge in [0.1, 0.15) is 0 Å². The molecule has 0 aliphatic heterocycles. The molecule has 2 heteroatoms. The van der Waals surface area contributed by atoms with Crippen molar-refractivity contribution in [3.05, 3.63) is 35.4 Å². The van der Waals surface area contributed by atoms with Gasteiger partial charge in [0.2, 0.25) is 0 Å². The number of hydrogen-bond acceptors (Lipinski definition) is 1. The van der Waals surface area contributed by atoms with E-state index in [1.807, 2.05) is 0 Å². The number of benzene rings is 1. The van der Waals surface area contributed by atoms with Gasteiger partial charge in [0.05, 0.1) is 0 Å². The fourth-order valence-electron chi connectivity index (χ4n) is 1.44. The molecule has 0 aromatic heterocycles. The molecule has 0 spiro atoms. The molecule has 0 aliphatic rings. The monoisotopic (exact) mass is 256 g/mol. The SMILES string of the molecule is COCCC(Br)Cc1cccc(C)c1. The molecule has 1 rings (SSSR count). The Kier molecular flexibility index (Phi) is 5.20. The minimum Gasteiger partial charge on any atom is -0.385 e. The summed E-state index contributed by atoms with van der Waals surface area (Å²) in [6, 6.07) is 8.65. The van der Waals surface area contributed by atoms with Gasteiger partial charge in [0, 0.05) is 18.5 Å². The molecule has 0 radical (unpaired) electrons. The van der Waals surface area contributed by atoms with E-state index in [9.17, 15) is 0 Å². The van der Waals surface area contributed by atoms with Gasteiger partial charge in [-0.1, -0.05) is 45.8 Å². The van der Waals surface area contributed by atoms with Crippen LogP contribution in [-0.4, -0.2) is 18.5 Å². The first-order valence-corrected chi connectivity index (χ1v) is 5.82. The normalized spacial score (nSPS) is 12.8. The highest BCUT2D eigenvalue weighted by Gasteiger charge is 2.04. The third-order valence-corrected chi connectivity index (χ3v) is 2.96. The van der Waals surface area contributed by atoms with Crippen LogP contribution in [0.1, 0.15) is 17.5 Å². The largest absolute Gasteiger partial charge is 0.385 e. The summed E-state index contributed by atoms with van der Waals surface area (Å²) in [5.74, 6) is 0. The van der Waals surface area contributed by atoms with E-state index in [1.165, 1.54) is 11.1 Å². The maximum absolute atomic E-state index is 5.04. The number of ether oxygens (including phenoxy) is 1. The molecule has 78 valence electrons. The van der Waals surface area contributed by atoms with Gasteiger partial charge in [-0.15, -0.1) is 0 Å². The van der Waals surface area contributed by atoms with Crippen LogP contribution in [0.15, 0.2) is 24.3 Å². The van der Waals surface area contributed by atoms with Crippen LogP contribution in [0.5, 0.6) is 0 Å². The van der Waals surface area contributed by atoms with Crippen molar-refractivity contribution < 1.29 is 4.74 Å². The average molecular weight is 257 g/mol. The minimum absolute atomic E-state index is 0.518. The lowest BCUT2D eigenvalue weighted by atomic mass is 10.1. The van der Waals surface area contributed by atoms with Gasteiger partial charge < -0.3 is 4.74 Å². The quantitative estimate of drug-likeness (QED) is 0.735. The van der Waals surface area contributed by atoms with Gasteiger partial charge >= 0.3 is 0 Å². The Balaban J connectivity index is 2.43. The van der Waals surface area contributed by atoms with Crippen molar-refractivity contribution in [2.24, 2.45) is 0 Å². The summed E-state index contributed by atoms with van der Waals surface area (Å²) in [7, 11) is 1.74. The molecule has 1 nitrogen and oxygen atoms in total. The highest BCUT2D eigenvalue weighted by Crippen LogP contribution is 2.14. The number of halogens is 1. The fourth-order valence-corrected chi connectivity index (χ4v) is 2.00. The Morgan fingerprint density at radius 1 is 1.43 bits per heavy atom. The van der Waals surface area contributed by atoms with Crippen LogP contribution < -0.4 is 0 Å². The Morgan fingerprint density at radius 2 is 2.21 bits per heavy atom. The van der Waals surface area contributed by atoms with Gasteiger partial charge in [-0.3, -0.25) is 0 Å². The first-order chi connectivity index (χ1) is 6.72. The summed E-state index contributed by atoms with van der Waals surface area (Å²) >= 11 is 3.66. The van der Waals surface area contributed by atoms with Crippen LogP contribution in [0, 0.1) is 6.92 Å². The number of methoxy groups -OCH3 is 1. The highest BCUT2D eigenvalue weighted by molar-refractivity contribution is 9.09. The van der Waals surface area contributed by atoms with E-state index in [1.54, 1.807) is 7.11 Å². The molecule has 0 amide bonds. The maximum Gasteiger partial charge on any atom is 0.0473 e. The molecular formula is C12H17BrO. The molecule has 0 saturated heterocycles. The zero-order chi connectivity index (χ0) is 10.4. The predicted molar refractivity (Wildman–Crippen MR) is 64.1 cm³/mol. The van der Waals surface area contributed by atoms with Crippen molar-refractivity contribution in [2.75, 3.05) is 13.7 Å². The van der Waals surface area contributed by atoms with Crippen LogP contribution >= 0.6 is 15.9 Å². The van der Waals surface area contributed by atoms with Crippen LogP contribution in [0.4, 0.5) is 0 Å². The zero-order valence-electron chi connectivity index (χ0n) is 8.79. The molecule has 0 bridgehead atoms. The van der Waals surface area contributed by atoms with Crippen molar-refractivity contribution in [1.82, 2.24) is 0 Å². The Morgan fingerprint density at radius 3 is 2.86 bits per heavy atom. The summed E-state index contributed by atoms with van der Waals surface area (Å²) in [5.41, 5.74) is 2.72. The third-order valence-electron chi connectivity index (χ3n) is 2.17. The van der Waals surface area contributed by atoms with Crippen LogP contribution in [0.3, 0.4) is 0 Å². The minimum atomic E-state index is 0.518. The lowest BCUT2D eigenvalue weighted by Crippen LogP contribution is -2.06. The van der Waals surface area contributed by atoms with E-state index < -0.39 is 0 Å². The molecule has 0 saturated carbocycles. The van der Waals surface area contributed by atoms with Crippen molar-refractivity contribution in [3.63, 3.8) is 0 Å². The first kappa shape index (κ1) is 11.7. The molecule has 0 fully saturated rings. The number of hydrogen-bond donors (Lipinski definition) is 0. The Labute approximate surface area is 94.6 Å². The number of alkyl halides is 1. The van der Waals surface area contributed by atoms with Gasteiger partial charge in [0.15, 0.2) is 0 Å². The van der Waals surface area contributed by atoms with E-state index in [4.69, 9.17) is 4.74 Å². The summed E-state index contributed by atoms with van der Waals surface area (Å²) < 4.78 is 5.04. The Bertz CT molecular complexity index is 273. The lowest BCUT2D eigenvalue weighted by molar-refractivity contribution is 0.194. The van der Waals surface area contributed by atoms with E-state index in [0.717, 1.165) is 19.4 Å².